The first-order chi connectivity index (χ1) is 11.7. The second kappa shape index (κ2) is 6.49. The van der Waals surface area contributed by atoms with Gasteiger partial charge in [-0.1, -0.05) is 24.3 Å². The number of benzene rings is 1. The number of hydrogen-bond acceptors (Lipinski definition) is 4. The highest BCUT2D eigenvalue weighted by molar-refractivity contribution is 7.13. The van der Waals surface area contributed by atoms with Gasteiger partial charge in [-0.3, -0.25) is 9.58 Å². The monoisotopic (exact) mass is 338 g/mol. The van der Waals surface area contributed by atoms with Crippen LogP contribution in [0.25, 0.3) is 10.6 Å². The van der Waals surface area contributed by atoms with E-state index in [-0.39, 0.29) is 0 Å². The molecule has 1 aliphatic rings. The number of fused-ring (bicyclic) bond motifs is 1. The number of aryl methyl sites for hydroxylation is 2. The summed E-state index contributed by atoms with van der Waals surface area (Å²) in [6.45, 7) is 0.885. The summed E-state index contributed by atoms with van der Waals surface area (Å²) in [7, 11) is 4.15. The zero-order chi connectivity index (χ0) is 16.5. The highest BCUT2D eigenvalue weighted by Crippen LogP contribution is 2.34. The lowest BCUT2D eigenvalue weighted by molar-refractivity contribution is 0.211. The van der Waals surface area contributed by atoms with Crippen LogP contribution in [0.3, 0.4) is 0 Å². The van der Waals surface area contributed by atoms with E-state index in [2.05, 4.69) is 46.7 Å². The van der Waals surface area contributed by atoms with Gasteiger partial charge in [0, 0.05) is 36.8 Å². The van der Waals surface area contributed by atoms with Crippen molar-refractivity contribution < 1.29 is 0 Å². The molecule has 1 atom stereocenters. The molecular weight excluding hydrogens is 316 g/mol. The molecule has 0 saturated carbocycles. The summed E-state index contributed by atoms with van der Waals surface area (Å²) >= 11 is 1.70. The highest BCUT2D eigenvalue weighted by Gasteiger charge is 2.23. The Morgan fingerprint density at radius 2 is 2.21 bits per heavy atom. The molecule has 4 nitrogen and oxygen atoms in total. The lowest BCUT2D eigenvalue weighted by Gasteiger charge is -2.32. The minimum Gasteiger partial charge on any atom is -0.294 e. The normalized spacial score (nSPS) is 17.2. The summed E-state index contributed by atoms with van der Waals surface area (Å²) in [6, 6.07) is 9.38. The van der Waals surface area contributed by atoms with Crippen molar-refractivity contribution in [1.82, 2.24) is 19.7 Å². The Hall–Kier alpha value is -1.98. The van der Waals surface area contributed by atoms with Gasteiger partial charge >= 0.3 is 0 Å². The summed E-state index contributed by atoms with van der Waals surface area (Å²) in [5, 5.41) is 7.46. The minimum atomic E-state index is 0.499. The van der Waals surface area contributed by atoms with Crippen LogP contribution in [-0.2, 0) is 20.0 Å². The van der Waals surface area contributed by atoms with Crippen LogP contribution >= 0.6 is 11.3 Å². The molecule has 0 bridgehead atoms. The maximum atomic E-state index is 4.81. The second-order valence-corrected chi connectivity index (χ2v) is 7.43. The quantitative estimate of drug-likeness (QED) is 0.719. The lowest BCUT2D eigenvalue weighted by atomic mass is 9.87. The molecule has 0 amide bonds. The number of rotatable bonds is 4. The first kappa shape index (κ1) is 15.5. The van der Waals surface area contributed by atoms with Crippen molar-refractivity contribution in [1.29, 1.82) is 0 Å². The topological polar surface area (TPSA) is 34.0 Å². The SMILES string of the molecule is CN(Cc1csc(-c2cnn(C)c2)n1)[C@@H]1CCCc2ccccc21. The van der Waals surface area contributed by atoms with Crippen LogP contribution in [-0.4, -0.2) is 26.7 Å². The smallest absolute Gasteiger partial charge is 0.126 e. The summed E-state index contributed by atoms with van der Waals surface area (Å²) in [4.78, 5) is 7.25. The van der Waals surface area contributed by atoms with Gasteiger partial charge < -0.3 is 0 Å². The third kappa shape index (κ3) is 3.01. The third-order valence-corrected chi connectivity index (χ3v) is 5.72. The van der Waals surface area contributed by atoms with Gasteiger partial charge in [0.15, 0.2) is 0 Å². The number of thiazole rings is 1. The molecule has 1 aromatic carbocycles. The molecule has 0 aliphatic heterocycles. The number of nitrogens with zero attached hydrogens (tertiary/aromatic N) is 4. The van der Waals surface area contributed by atoms with E-state index in [9.17, 15) is 0 Å². The van der Waals surface area contributed by atoms with Gasteiger partial charge in [0.05, 0.1) is 11.9 Å². The molecule has 0 fully saturated rings. The molecule has 2 aromatic heterocycles. The minimum absolute atomic E-state index is 0.499. The number of aromatic nitrogens is 3. The van der Waals surface area contributed by atoms with Gasteiger partial charge in [-0.25, -0.2) is 4.98 Å². The molecule has 0 radical (unpaired) electrons. The van der Waals surface area contributed by atoms with Crippen LogP contribution in [0.15, 0.2) is 42.0 Å². The Morgan fingerprint density at radius 1 is 1.33 bits per heavy atom. The van der Waals surface area contributed by atoms with E-state index < -0.39 is 0 Å². The molecule has 1 aliphatic carbocycles. The van der Waals surface area contributed by atoms with E-state index in [4.69, 9.17) is 4.98 Å². The van der Waals surface area contributed by atoms with E-state index in [0.717, 1.165) is 22.8 Å². The van der Waals surface area contributed by atoms with Gasteiger partial charge in [-0.2, -0.15) is 5.10 Å². The van der Waals surface area contributed by atoms with E-state index in [1.54, 1.807) is 11.3 Å². The average molecular weight is 338 g/mol. The van der Waals surface area contributed by atoms with Crippen molar-refractivity contribution in [2.75, 3.05) is 7.05 Å². The van der Waals surface area contributed by atoms with Gasteiger partial charge in [-0.15, -0.1) is 11.3 Å². The van der Waals surface area contributed by atoms with Crippen LogP contribution in [0.1, 0.15) is 35.7 Å². The highest BCUT2D eigenvalue weighted by atomic mass is 32.1. The molecule has 2 heterocycles. The van der Waals surface area contributed by atoms with Gasteiger partial charge in [0.25, 0.3) is 0 Å². The fourth-order valence-corrected chi connectivity index (χ4v) is 4.38. The Bertz CT molecular complexity index is 835. The van der Waals surface area contributed by atoms with Crippen LogP contribution in [0, 0.1) is 0 Å². The van der Waals surface area contributed by atoms with Gasteiger partial charge in [0.1, 0.15) is 5.01 Å². The molecule has 5 heteroatoms. The standard InChI is InChI=1S/C19H22N4S/c1-22(18-9-5-7-14-6-3-4-8-17(14)18)12-16-13-24-19(21-16)15-10-20-23(2)11-15/h3-4,6,8,10-11,13,18H,5,7,9,12H2,1-2H3/t18-/m1/s1. The predicted octanol–water partition coefficient (Wildman–Crippen LogP) is 4.05. The van der Waals surface area contributed by atoms with Crippen molar-refractivity contribution >= 4 is 11.3 Å². The molecule has 0 saturated heterocycles. The van der Waals surface area contributed by atoms with Crippen molar-refractivity contribution in [2.45, 2.75) is 31.8 Å². The van der Waals surface area contributed by atoms with E-state index >= 15 is 0 Å². The zero-order valence-electron chi connectivity index (χ0n) is 14.1. The molecular formula is C19H22N4S. The maximum absolute atomic E-state index is 4.81. The summed E-state index contributed by atoms with van der Waals surface area (Å²) in [5.74, 6) is 0. The van der Waals surface area contributed by atoms with Crippen LogP contribution in [0.2, 0.25) is 0 Å². The Kier molecular flexibility index (Phi) is 4.21. The second-order valence-electron chi connectivity index (χ2n) is 6.57. The molecule has 124 valence electrons. The summed E-state index contributed by atoms with van der Waals surface area (Å²) in [6.07, 6.45) is 7.60. The third-order valence-electron chi connectivity index (χ3n) is 4.78. The Morgan fingerprint density at radius 3 is 3.04 bits per heavy atom. The van der Waals surface area contributed by atoms with Crippen LogP contribution in [0.4, 0.5) is 0 Å². The zero-order valence-corrected chi connectivity index (χ0v) is 15.0. The molecule has 0 spiro atoms. The van der Waals surface area contributed by atoms with Crippen molar-refractivity contribution in [3.8, 4) is 10.6 Å². The Balaban J connectivity index is 1.51. The fourth-order valence-electron chi connectivity index (χ4n) is 3.60. The molecule has 24 heavy (non-hydrogen) atoms. The largest absolute Gasteiger partial charge is 0.294 e. The predicted molar refractivity (Wildman–Crippen MR) is 97.9 cm³/mol. The fraction of sp³-hybridized carbons (Fsp3) is 0.368. The summed E-state index contributed by atoms with van der Waals surface area (Å²) < 4.78 is 1.82. The van der Waals surface area contributed by atoms with Gasteiger partial charge in [0.2, 0.25) is 0 Å². The van der Waals surface area contributed by atoms with E-state index in [0.29, 0.717) is 6.04 Å². The van der Waals surface area contributed by atoms with Crippen LogP contribution < -0.4 is 0 Å². The first-order valence-corrected chi connectivity index (χ1v) is 9.30. The van der Waals surface area contributed by atoms with Crippen molar-refractivity contribution in [3.05, 3.63) is 58.9 Å². The maximum Gasteiger partial charge on any atom is 0.126 e. The van der Waals surface area contributed by atoms with Crippen molar-refractivity contribution in [2.24, 2.45) is 7.05 Å². The molecule has 4 rings (SSSR count). The van der Waals surface area contributed by atoms with E-state index in [1.807, 2.05) is 24.1 Å². The molecule has 0 unspecified atom stereocenters. The number of hydrogen-bond donors (Lipinski definition) is 0. The average Bonchev–Trinajstić information content (AvgIpc) is 3.23. The van der Waals surface area contributed by atoms with E-state index in [1.165, 1.54) is 30.4 Å². The molecule has 0 N–H and O–H groups in total. The first-order valence-electron chi connectivity index (χ1n) is 8.42. The lowest BCUT2D eigenvalue weighted by Crippen LogP contribution is -2.27. The van der Waals surface area contributed by atoms with Gasteiger partial charge in [-0.05, 0) is 37.4 Å². The summed E-state index contributed by atoms with van der Waals surface area (Å²) in [5.41, 5.74) is 5.24. The molecule has 3 aromatic rings. The van der Waals surface area contributed by atoms with Crippen LogP contribution in [0.5, 0.6) is 0 Å². The Labute approximate surface area is 146 Å². The van der Waals surface area contributed by atoms with Crippen molar-refractivity contribution in [3.63, 3.8) is 0 Å².